The third-order valence-corrected chi connectivity index (χ3v) is 4.62. The Morgan fingerprint density at radius 3 is 2.73 bits per heavy atom. The van der Waals surface area contributed by atoms with Gasteiger partial charge in [0.05, 0.1) is 6.54 Å². The average molecular weight is 317 g/mol. The number of aromatic nitrogens is 1. The van der Waals surface area contributed by atoms with Gasteiger partial charge in [-0.3, -0.25) is 4.79 Å². The molecule has 0 bridgehead atoms. The molecule has 4 heteroatoms. The van der Waals surface area contributed by atoms with Gasteiger partial charge in [0.2, 0.25) is 0 Å². The van der Waals surface area contributed by atoms with Crippen LogP contribution < -0.4 is 5.32 Å². The van der Waals surface area contributed by atoms with Crippen molar-refractivity contribution in [2.75, 3.05) is 6.54 Å². The number of ketones is 1. The summed E-state index contributed by atoms with van der Waals surface area (Å²) in [7, 11) is 0. The molecule has 0 saturated heterocycles. The number of nitrogens with zero attached hydrogens (tertiary/aromatic N) is 1. The van der Waals surface area contributed by atoms with Crippen molar-refractivity contribution in [3.8, 4) is 0 Å². The molecule has 0 atom stereocenters. The van der Waals surface area contributed by atoms with E-state index >= 15 is 0 Å². The Balaban J connectivity index is 1.63. The van der Waals surface area contributed by atoms with Gasteiger partial charge in [0, 0.05) is 34.6 Å². The van der Waals surface area contributed by atoms with E-state index in [0.717, 1.165) is 21.8 Å². The average Bonchev–Trinajstić information content (AvgIpc) is 3.27. The van der Waals surface area contributed by atoms with Gasteiger partial charge in [-0.05, 0) is 44.4 Å². The zero-order valence-corrected chi connectivity index (χ0v) is 13.8. The Morgan fingerprint density at radius 2 is 2.05 bits per heavy atom. The lowest BCUT2D eigenvalue weighted by Crippen LogP contribution is -2.23. The van der Waals surface area contributed by atoms with E-state index in [2.05, 4.69) is 16.8 Å². The molecule has 1 aliphatic carbocycles. The number of carbonyl (C=O) groups is 1. The second-order valence-electron chi connectivity index (χ2n) is 6.00. The largest absolute Gasteiger partial charge is 0.345 e. The summed E-state index contributed by atoms with van der Waals surface area (Å²) >= 11 is 6.12. The standard InChI is InChI=1S/C18H21ClN2O/c1-12-9-16(13(2)21(12)15-7-8-15)18(22)11-20-10-14-5-3-4-6-17(14)19/h3-6,9,15,20H,7-8,10-11H2,1-2H3. The Bertz CT molecular complexity index is 701. The molecular weight excluding hydrogens is 296 g/mol. The summed E-state index contributed by atoms with van der Waals surface area (Å²) in [5.41, 5.74) is 4.15. The van der Waals surface area contributed by atoms with Crippen LogP contribution in [0.2, 0.25) is 5.02 Å². The normalized spacial score (nSPS) is 14.3. The summed E-state index contributed by atoms with van der Waals surface area (Å²) < 4.78 is 2.31. The number of nitrogens with one attached hydrogen (secondary N) is 1. The zero-order chi connectivity index (χ0) is 15.7. The van der Waals surface area contributed by atoms with Crippen molar-refractivity contribution < 1.29 is 4.79 Å². The lowest BCUT2D eigenvalue weighted by Gasteiger charge is -2.08. The van der Waals surface area contributed by atoms with Crippen LogP contribution in [0.3, 0.4) is 0 Å². The van der Waals surface area contributed by atoms with Crippen molar-refractivity contribution in [2.24, 2.45) is 0 Å². The van der Waals surface area contributed by atoms with Crippen molar-refractivity contribution >= 4 is 17.4 Å². The molecule has 1 aliphatic rings. The molecule has 0 spiro atoms. The minimum atomic E-state index is 0.145. The van der Waals surface area contributed by atoms with Crippen molar-refractivity contribution in [1.29, 1.82) is 0 Å². The summed E-state index contributed by atoms with van der Waals surface area (Å²) in [4.78, 5) is 12.4. The topological polar surface area (TPSA) is 34.0 Å². The number of hydrogen-bond donors (Lipinski definition) is 1. The van der Waals surface area contributed by atoms with Crippen LogP contribution in [0.25, 0.3) is 0 Å². The maximum absolute atomic E-state index is 12.4. The predicted octanol–water partition coefficient (Wildman–Crippen LogP) is 4.07. The highest BCUT2D eigenvalue weighted by molar-refractivity contribution is 6.31. The third-order valence-electron chi connectivity index (χ3n) is 4.26. The van der Waals surface area contributed by atoms with Gasteiger partial charge in [-0.2, -0.15) is 0 Å². The Hall–Kier alpha value is -1.58. The summed E-state index contributed by atoms with van der Waals surface area (Å²) in [5, 5.41) is 3.93. The molecule has 1 N–H and O–H groups in total. The molecule has 0 amide bonds. The fourth-order valence-electron chi connectivity index (χ4n) is 3.00. The molecule has 2 aromatic rings. The number of benzene rings is 1. The lowest BCUT2D eigenvalue weighted by atomic mass is 10.1. The maximum Gasteiger partial charge on any atom is 0.178 e. The lowest BCUT2D eigenvalue weighted by molar-refractivity contribution is 0.0990. The Kier molecular flexibility index (Phi) is 4.37. The molecule has 0 radical (unpaired) electrons. The minimum Gasteiger partial charge on any atom is -0.345 e. The highest BCUT2D eigenvalue weighted by atomic mass is 35.5. The first-order valence-corrected chi connectivity index (χ1v) is 8.11. The zero-order valence-electron chi connectivity index (χ0n) is 13.0. The number of carbonyl (C=O) groups excluding carboxylic acids is 1. The van der Waals surface area contributed by atoms with Gasteiger partial charge in [0.1, 0.15) is 0 Å². The van der Waals surface area contributed by atoms with Gasteiger partial charge < -0.3 is 9.88 Å². The molecular formula is C18H21ClN2O. The maximum atomic E-state index is 12.4. The van der Waals surface area contributed by atoms with Crippen LogP contribution in [0.1, 0.15) is 46.2 Å². The van der Waals surface area contributed by atoms with E-state index in [9.17, 15) is 4.79 Å². The highest BCUT2D eigenvalue weighted by Gasteiger charge is 2.28. The smallest absolute Gasteiger partial charge is 0.178 e. The van der Waals surface area contributed by atoms with Gasteiger partial charge >= 0.3 is 0 Å². The second kappa shape index (κ2) is 6.27. The van der Waals surface area contributed by atoms with E-state index in [1.54, 1.807) is 0 Å². The Morgan fingerprint density at radius 1 is 1.32 bits per heavy atom. The predicted molar refractivity (Wildman–Crippen MR) is 89.7 cm³/mol. The SMILES string of the molecule is Cc1cc(C(=O)CNCc2ccccc2Cl)c(C)n1C1CC1. The summed E-state index contributed by atoms with van der Waals surface area (Å²) in [6.45, 7) is 5.07. The van der Waals surface area contributed by atoms with Gasteiger partial charge in [0.25, 0.3) is 0 Å². The molecule has 3 rings (SSSR count). The molecule has 0 aliphatic heterocycles. The van der Waals surface area contributed by atoms with Crippen LogP contribution in [0.4, 0.5) is 0 Å². The molecule has 116 valence electrons. The van der Waals surface area contributed by atoms with Crippen molar-refractivity contribution in [1.82, 2.24) is 9.88 Å². The first-order valence-electron chi connectivity index (χ1n) is 7.73. The number of rotatable bonds is 6. The molecule has 0 unspecified atom stereocenters. The number of aryl methyl sites for hydroxylation is 1. The van der Waals surface area contributed by atoms with E-state index in [1.807, 2.05) is 37.3 Å². The molecule has 1 aromatic carbocycles. The van der Waals surface area contributed by atoms with E-state index in [-0.39, 0.29) is 5.78 Å². The van der Waals surface area contributed by atoms with E-state index in [4.69, 9.17) is 11.6 Å². The molecule has 1 saturated carbocycles. The van der Waals surface area contributed by atoms with Crippen molar-refractivity contribution in [2.45, 2.75) is 39.3 Å². The third kappa shape index (κ3) is 3.11. The van der Waals surface area contributed by atoms with Crippen molar-refractivity contribution in [3.63, 3.8) is 0 Å². The van der Waals surface area contributed by atoms with Crippen LogP contribution in [-0.4, -0.2) is 16.9 Å². The molecule has 1 fully saturated rings. The number of Topliss-reactive ketones (excluding diaryl/α,β-unsaturated/α-hetero) is 1. The Labute approximate surface area is 136 Å². The van der Waals surface area contributed by atoms with Crippen LogP contribution in [-0.2, 0) is 6.54 Å². The van der Waals surface area contributed by atoms with E-state index in [1.165, 1.54) is 18.5 Å². The van der Waals surface area contributed by atoms with Gasteiger partial charge in [-0.1, -0.05) is 29.8 Å². The summed E-state index contributed by atoms with van der Waals surface area (Å²) in [6, 6.07) is 10.3. The van der Waals surface area contributed by atoms with Gasteiger partial charge in [-0.25, -0.2) is 0 Å². The molecule has 22 heavy (non-hydrogen) atoms. The number of hydrogen-bond acceptors (Lipinski definition) is 2. The second-order valence-corrected chi connectivity index (χ2v) is 6.41. The quantitative estimate of drug-likeness (QED) is 0.815. The van der Waals surface area contributed by atoms with Crippen LogP contribution in [0.5, 0.6) is 0 Å². The van der Waals surface area contributed by atoms with Crippen LogP contribution >= 0.6 is 11.6 Å². The summed E-state index contributed by atoms with van der Waals surface area (Å²) in [6.07, 6.45) is 2.46. The van der Waals surface area contributed by atoms with E-state index < -0.39 is 0 Å². The van der Waals surface area contributed by atoms with Crippen molar-refractivity contribution in [3.05, 3.63) is 57.9 Å². The van der Waals surface area contributed by atoms with E-state index in [0.29, 0.717) is 19.1 Å². The van der Waals surface area contributed by atoms with Gasteiger partial charge in [0.15, 0.2) is 5.78 Å². The summed E-state index contributed by atoms with van der Waals surface area (Å²) in [5.74, 6) is 0.145. The number of halogens is 1. The fourth-order valence-corrected chi connectivity index (χ4v) is 3.20. The van der Waals surface area contributed by atoms with Gasteiger partial charge in [-0.15, -0.1) is 0 Å². The fraction of sp³-hybridized carbons (Fsp3) is 0.389. The molecule has 1 heterocycles. The first kappa shape index (κ1) is 15.3. The molecule has 1 aromatic heterocycles. The molecule has 3 nitrogen and oxygen atoms in total. The monoisotopic (exact) mass is 316 g/mol. The van der Waals surface area contributed by atoms with Crippen LogP contribution in [0.15, 0.2) is 30.3 Å². The highest BCUT2D eigenvalue weighted by Crippen LogP contribution is 2.38. The first-order chi connectivity index (χ1) is 10.6. The minimum absolute atomic E-state index is 0.145. The van der Waals surface area contributed by atoms with Crippen LogP contribution in [0, 0.1) is 13.8 Å².